The number of aromatic nitrogens is 2. The second-order valence-electron chi connectivity index (χ2n) is 3.90. The average molecular weight is 311 g/mol. The highest BCUT2D eigenvalue weighted by Gasteiger charge is 2.15. The highest BCUT2D eigenvalue weighted by atomic mass is 79.9. The van der Waals surface area contributed by atoms with E-state index in [1.165, 1.54) is 0 Å². The van der Waals surface area contributed by atoms with E-state index >= 15 is 0 Å². The van der Waals surface area contributed by atoms with Crippen molar-refractivity contribution in [3.63, 3.8) is 0 Å². The summed E-state index contributed by atoms with van der Waals surface area (Å²) in [7, 11) is 1.91. The minimum absolute atomic E-state index is 0.00514. The van der Waals surface area contributed by atoms with Gasteiger partial charge in [0.15, 0.2) is 0 Å². The molecule has 0 atom stereocenters. The molecule has 0 aliphatic carbocycles. The van der Waals surface area contributed by atoms with E-state index in [0.717, 1.165) is 17.8 Å². The predicted molar refractivity (Wildman–Crippen MR) is 80.7 cm³/mol. The van der Waals surface area contributed by atoms with Crippen LogP contribution in [0.5, 0.6) is 0 Å². The first-order chi connectivity index (χ1) is 8.58. The van der Waals surface area contributed by atoms with Gasteiger partial charge in [0.25, 0.3) is 5.56 Å². The number of hydrogen-bond donors (Lipinski definition) is 0. The van der Waals surface area contributed by atoms with Crippen molar-refractivity contribution in [3.05, 3.63) is 51.4 Å². The van der Waals surface area contributed by atoms with E-state index in [1.54, 1.807) is 10.8 Å². The van der Waals surface area contributed by atoms with Crippen LogP contribution in [0.15, 0.2) is 40.2 Å². The summed E-state index contributed by atoms with van der Waals surface area (Å²) in [5.74, 6) is 0. The first-order valence-corrected chi connectivity index (χ1v) is 6.77. The van der Waals surface area contributed by atoms with E-state index in [0.29, 0.717) is 10.9 Å². The molecule has 0 aromatic carbocycles. The molecule has 0 amide bonds. The van der Waals surface area contributed by atoms with E-state index in [9.17, 15) is 4.79 Å². The van der Waals surface area contributed by atoms with Crippen molar-refractivity contribution in [2.24, 2.45) is 7.05 Å². The molecule has 0 N–H and O–H groups in total. The summed E-state index contributed by atoms with van der Waals surface area (Å²) in [6.07, 6.45) is 9.08. The highest BCUT2D eigenvalue weighted by molar-refractivity contribution is 9.10. The van der Waals surface area contributed by atoms with Gasteiger partial charge in [-0.2, -0.15) is 0 Å². The maximum Gasteiger partial charge on any atom is 0.285 e. The summed E-state index contributed by atoms with van der Waals surface area (Å²) in [5.41, 5.74) is 1.96. The largest absolute Gasteiger partial charge is 0.285 e. The number of nitrogens with zero attached hydrogens (tertiary/aromatic N) is 2. The van der Waals surface area contributed by atoms with Gasteiger partial charge in [-0.15, -0.1) is 0 Å². The van der Waals surface area contributed by atoms with Gasteiger partial charge < -0.3 is 0 Å². The van der Waals surface area contributed by atoms with Gasteiger partial charge in [0.1, 0.15) is 4.47 Å². The smallest absolute Gasteiger partial charge is 0.284 e. The minimum atomic E-state index is -0.00514. The lowest BCUT2D eigenvalue weighted by Crippen LogP contribution is -2.21. The topological polar surface area (TPSA) is 26.9 Å². The zero-order valence-electron chi connectivity index (χ0n) is 11.1. The lowest BCUT2D eigenvalue weighted by molar-refractivity contribution is 0.621. The molecule has 1 heterocycles. The van der Waals surface area contributed by atoms with Crippen LogP contribution in [-0.2, 0) is 13.5 Å². The van der Waals surface area contributed by atoms with Gasteiger partial charge >= 0.3 is 0 Å². The van der Waals surface area contributed by atoms with Crippen LogP contribution in [0.3, 0.4) is 0 Å². The van der Waals surface area contributed by atoms with Crippen molar-refractivity contribution in [2.45, 2.75) is 26.7 Å². The Labute approximate surface area is 116 Å². The summed E-state index contributed by atoms with van der Waals surface area (Å²) >= 11 is 3.38. The van der Waals surface area contributed by atoms with Crippen LogP contribution in [0.4, 0.5) is 0 Å². The molecule has 0 saturated heterocycles. The summed E-state index contributed by atoms with van der Waals surface area (Å²) in [4.78, 5) is 12.2. The molecule has 1 aromatic rings. The van der Waals surface area contributed by atoms with Crippen LogP contribution in [0.2, 0.25) is 0 Å². The van der Waals surface area contributed by atoms with E-state index in [4.69, 9.17) is 0 Å². The van der Waals surface area contributed by atoms with Crippen molar-refractivity contribution in [2.75, 3.05) is 0 Å². The zero-order valence-corrected chi connectivity index (χ0v) is 12.7. The van der Waals surface area contributed by atoms with E-state index in [2.05, 4.69) is 22.5 Å². The number of allylic oxidation sites excluding steroid dienone is 5. The molecule has 0 aliphatic heterocycles. The third-order valence-electron chi connectivity index (χ3n) is 2.86. The van der Waals surface area contributed by atoms with Gasteiger partial charge in [0.05, 0.1) is 5.69 Å². The van der Waals surface area contributed by atoms with Crippen molar-refractivity contribution in [1.82, 2.24) is 9.36 Å². The Kier molecular flexibility index (Phi) is 5.41. The second-order valence-corrected chi connectivity index (χ2v) is 4.70. The van der Waals surface area contributed by atoms with E-state index in [1.807, 2.05) is 43.8 Å². The number of halogens is 1. The molecule has 0 spiro atoms. The molecule has 0 bridgehead atoms. The van der Waals surface area contributed by atoms with Crippen molar-refractivity contribution < 1.29 is 0 Å². The Morgan fingerprint density at radius 3 is 2.61 bits per heavy atom. The third-order valence-corrected chi connectivity index (χ3v) is 3.66. The standard InChI is InChI=1S/C14H19BrN2O/c1-5-8-9-10-11(6-2)17-14(18)13(15)12(7-3)16(17)4/h5-6,8-9H,1,7,10H2,2-4H3/b9-8-,11-6+. The molecule has 0 radical (unpaired) electrons. The summed E-state index contributed by atoms with van der Waals surface area (Å²) in [5, 5.41) is 0. The van der Waals surface area contributed by atoms with Gasteiger partial charge in [0.2, 0.25) is 0 Å². The molecular formula is C14H19BrN2O. The van der Waals surface area contributed by atoms with Crippen LogP contribution in [0, 0.1) is 0 Å². The molecule has 98 valence electrons. The van der Waals surface area contributed by atoms with Crippen LogP contribution < -0.4 is 5.56 Å². The molecule has 4 heteroatoms. The maximum absolute atomic E-state index is 12.2. The minimum Gasteiger partial charge on any atom is -0.284 e. The van der Waals surface area contributed by atoms with Gasteiger partial charge in [-0.3, -0.25) is 9.48 Å². The van der Waals surface area contributed by atoms with Crippen LogP contribution in [0.1, 0.15) is 26.0 Å². The second kappa shape index (κ2) is 6.59. The molecular weight excluding hydrogens is 292 g/mol. The molecule has 18 heavy (non-hydrogen) atoms. The normalized spacial score (nSPS) is 12.3. The fourth-order valence-corrected chi connectivity index (χ4v) is 2.64. The van der Waals surface area contributed by atoms with Crippen molar-refractivity contribution in [3.8, 4) is 0 Å². The Morgan fingerprint density at radius 1 is 1.50 bits per heavy atom. The molecule has 0 fully saturated rings. The Bertz CT molecular complexity index is 547. The van der Waals surface area contributed by atoms with Gasteiger partial charge in [0, 0.05) is 19.2 Å². The summed E-state index contributed by atoms with van der Waals surface area (Å²) in [6, 6.07) is 0. The molecule has 1 aromatic heterocycles. The lowest BCUT2D eigenvalue weighted by atomic mass is 10.3. The maximum atomic E-state index is 12.2. The first-order valence-electron chi connectivity index (χ1n) is 5.97. The number of hydrogen-bond acceptors (Lipinski definition) is 1. The summed E-state index contributed by atoms with van der Waals surface area (Å²) < 4.78 is 4.26. The monoisotopic (exact) mass is 310 g/mol. The third kappa shape index (κ3) is 2.75. The summed E-state index contributed by atoms with van der Waals surface area (Å²) in [6.45, 7) is 7.61. The van der Waals surface area contributed by atoms with E-state index in [-0.39, 0.29) is 5.56 Å². The molecule has 3 nitrogen and oxygen atoms in total. The molecule has 0 unspecified atom stereocenters. The Balaban J connectivity index is 3.27. The van der Waals surface area contributed by atoms with Gasteiger partial charge in [-0.05, 0) is 29.3 Å². The quantitative estimate of drug-likeness (QED) is 0.765. The Hall–Kier alpha value is -1.29. The SMILES string of the molecule is C=C/C=C\C/C(=C\C)n1c(=O)c(Br)c(CC)n1C. The molecule has 0 saturated carbocycles. The van der Waals surface area contributed by atoms with Gasteiger partial charge in [-0.25, -0.2) is 4.68 Å². The lowest BCUT2D eigenvalue weighted by Gasteiger charge is -2.11. The fraction of sp³-hybridized carbons (Fsp3) is 0.357. The van der Waals surface area contributed by atoms with Gasteiger partial charge in [-0.1, -0.05) is 37.8 Å². The predicted octanol–water partition coefficient (Wildman–Crippen LogP) is 3.50. The number of rotatable bonds is 5. The Morgan fingerprint density at radius 2 is 2.17 bits per heavy atom. The fourth-order valence-electron chi connectivity index (χ4n) is 1.93. The van der Waals surface area contributed by atoms with E-state index < -0.39 is 0 Å². The van der Waals surface area contributed by atoms with Crippen LogP contribution >= 0.6 is 15.9 Å². The highest BCUT2D eigenvalue weighted by Crippen LogP contribution is 2.17. The van der Waals surface area contributed by atoms with Crippen LogP contribution in [0.25, 0.3) is 5.70 Å². The average Bonchev–Trinajstić information content (AvgIpc) is 2.57. The first kappa shape index (κ1) is 14.8. The zero-order chi connectivity index (χ0) is 13.7. The van der Waals surface area contributed by atoms with Crippen molar-refractivity contribution >= 4 is 21.6 Å². The van der Waals surface area contributed by atoms with Crippen LogP contribution in [-0.4, -0.2) is 9.36 Å². The van der Waals surface area contributed by atoms with Crippen molar-refractivity contribution in [1.29, 1.82) is 0 Å². The molecule has 0 aliphatic rings. The molecule has 1 rings (SSSR count).